The summed E-state index contributed by atoms with van der Waals surface area (Å²) in [6, 6.07) is 9.23. The summed E-state index contributed by atoms with van der Waals surface area (Å²) < 4.78 is 10.7. The number of nitrogens with one attached hydrogen (secondary N) is 1. The van der Waals surface area contributed by atoms with Gasteiger partial charge in [-0.2, -0.15) is 0 Å². The summed E-state index contributed by atoms with van der Waals surface area (Å²) in [6.07, 6.45) is 0.367. The van der Waals surface area contributed by atoms with Crippen LogP contribution >= 0.6 is 0 Å². The molecule has 1 unspecified atom stereocenters. The Kier molecular flexibility index (Phi) is 7.97. The van der Waals surface area contributed by atoms with Gasteiger partial charge in [0, 0.05) is 19.6 Å². The van der Waals surface area contributed by atoms with Gasteiger partial charge in [-0.05, 0) is 19.0 Å². The van der Waals surface area contributed by atoms with Gasteiger partial charge in [-0.3, -0.25) is 5.32 Å². The molecule has 1 aromatic carbocycles. The lowest BCUT2D eigenvalue weighted by molar-refractivity contribution is -0.146. The molecule has 5 nitrogen and oxygen atoms in total. The molecule has 0 fully saturated rings. The predicted octanol–water partition coefficient (Wildman–Crippen LogP) is 2.02. The van der Waals surface area contributed by atoms with Crippen LogP contribution in [0.2, 0.25) is 0 Å². The van der Waals surface area contributed by atoms with Crippen molar-refractivity contribution in [2.45, 2.75) is 25.8 Å². The third kappa shape index (κ3) is 5.12. The molecule has 0 saturated carbocycles. The monoisotopic (exact) mass is 295 g/mol. The van der Waals surface area contributed by atoms with E-state index >= 15 is 0 Å². The summed E-state index contributed by atoms with van der Waals surface area (Å²) in [5.41, 5.74) is -0.366. The zero-order chi connectivity index (χ0) is 15.6. The van der Waals surface area contributed by atoms with E-state index < -0.39 is 11.5 Å². The average Bonchev–Trinajstić information content (AvgIpc) is 2.50. The van der Waals surface area contributed by atoms with Crippen LogP contribution in [0.1, 0.15) is 25.8 Å². The van der Waals surface area contributed by atoms with Gasteiger partial charge in [0.2, 0.25) is 0 Å². The van der Waals surface area contributed by atoms with Crippen LogP contribution in [0.15, 0.2) is 30.3 Å². The molecule has 0 aliphatic heterocycles. The molecule has 5 heteroatoms. The molecule has 2 N–H and O–H groups in total. The number of hydrogen-bond donors (Lipinski definition) is 2. The normalized spacial score (nSPS) is 13.8. The van der Waals surface area contributed by atoms with Crippen LogP contribution in [0, 0.1) is 0 Å². The first-order chi connectivity index (χ1) is 10.2. The number of ether oxygens (including phenoxy) is 2. The topological polar surface area (TPSA) is 67.8 Å². The molecule has 118 valence electrons. The molecule has 0 heterocycles. The predicted molar refractivity (Wildman–Crippen MR) is 81.4 cm³/mol. The molecule has 21 heavy (non-hydrogen) atoms. The van der Waals surface area contributed by atoms with Crippen molar-refractivity contribution in [1.82, 2.24) is 5.32 Å². The molecule has 0 radical (unpaired) electrons. The van der Waals surface area contributed by atoms with Crippen LogP contribution in [-0.4, -0.2) is 44.0 Å². The van der Waals surface area contributed by atoms with E-state index in [2.05, 4.69) is 5.32 Å². The van der Waals surface area contributed by atoms with Crippen LogP contribution in [-0.2, 0) is 19.8 Å². The standard InChI is InChI=1S/C16H25NO4/c1-3-17-16(15(18)19,14-8-6-5-7-9-14)10-11-21-13-12-20-4-2/h5-9,17H,3-4,10-13H2,1-2H3,(H,18,19). The van der Waals surface area contributed by atoms with Gasteiger partial charge in [0.25, 0.3) is 0 Å². The van der Waals surface area contributed by atoms with Crippen molar-refractivity contribution in [3.05, 3.63) is 35.9 Å². The molecule has 0 amide bonds. The summed E-state index contributed by atoms with van der Waals surface area (Å²) in [7, 11) is 0. The molecule has 1 atom stereocenters. The number of carboxylic acids is 1. The number of carbonyl (C=O) groups is 1. The van der Waals surface area contributed by atoms with Crippen LogP contribution in [0.5, 0.6) is 0 Å². The Labute approximate surface area is 126 Å². The van der Waals surface area contributed by atoms with Gasteiger partial charge in [-0.1, -0.05) is 37.3 Å². The first kappa shape index (κ1) is 17.6. The lowest BCUT2D eigenvalue weighted by Crippen LogP contribution is -2.50. The number of benzene rings is 1. The number of rotatable bonds is 11. The zero-order valence-corrected chi connectivity index (χ0v) is 12.8. The van der Waals surface area contributed by atoms with Gasteiger partial charge in [0.15, 0.2) is 0 Å². The smallest absolute Gasteiger partial charge is 0.328 e. The van der Waals surface area contributed by atoms with E-state index in [1.165, 1.54) is 0 Å². The average molecular weight is 295 g/mol. The first-order valence-electron chi connectivity index (χ1n) is 7.36. The van der Waals surface area contributed by atoms with Gasteiger partial charge in [0.05, 0.1) is 13.2 Å². The van der Waals surface area contributed by atoms with E-state index in [-0.39, 0.29) is 0 Å². The van der Waals surface area contributed by atoms with Crippen molar-refractivity contribution in [3.63, 3.8) is 0 Å². The fourth-order valence-electron chi connectivity index (χ4n) is 2.25. The highest BCUT2D eigenvalue weighted by atomic mass is 16.5. The number of carboxylic acid groups (broad SMARTS) is 1. The van der Waals surface area contributed by atoms with E-state index in [4.69, 9.17) is 9.47 Å². The molecule has 0 aromatic heterocycles. The maximum atomic E-state index is 11.8. The largest absolute Gasteiger partial charge is 0.480 e. The van der Waals surface area contributed by atoms with Crippen LogP contribution < -0.4 is 5.32 Å². The molecule has 0 spiro atoms. The summed E-state index contributed by atoms with van der Waals surface area (Å²) >= 11 is 0. The van der Waals surface area contributed by atoms with Gasteiger partial charge in [0.1, 0.15) is 5.54 Å². The first-order valence-corrected chi connectivity index (χ1v) is 7.36. The molecule has 0 bridgehead atoms. The van der Waals surface area contributed by atoms with Crippen LogP contribution in [0.25, 0.3) is 0 Å². The highest BCUT2D eigenvalue weighted by Gasteiger charge is 2.39. The number of aliphatic carboxylic acids is 1. The Morgan fingerprint density at radius 1 is 1.14 bits per heavy atom. The second kappa shape index (κ2) is 9.50. The highest BCUT2D eigenvalue weighted by molar-refractivity contribution is 5.80. The molecule has 0 aliphatic carbocycles. The minimum Gasteiger partial charge on any atom is -0.480 e. The minimum atomic E-state index is -1.11. The molecular formula is C16H25NO4. The number of hydrogen-bond acceptors (Lipinski definition) is 4. The maximum Gasteiger partial charge on any atom is 0.328 e. The fraction of sp³-hybridized carbons (Fsp3) is 0.562. The van der Waals surface area contributed by atoms with Crippen LogP contribution in [0.3, 0.4) is 0 Å². The summed E-state index contributed by atoms with van der Waals surface area (Å²) in [6.45, 7) is 6.42. The van der Waals surface area contributed by atoms with Gasteiger partial charge in [-0.25, -0.2) is 4.79 Å². The zero-order valence-electron chi connectivity index (χ0n) is 12.8. The van der Waals surface area contributed by atoms with Crippen molar-refractivity contribution in [1.29, 1.82) is 0 Å². The molecule has 0 saturated heterocycles. The van der Waals surface area contributed by atoms with Gasteiger partial charge < -0.3 is 14.6 Å². The summed E-state index contributed by atoms with van der Waals surface area (Å²) in [4.78, 5) is 11.8. The van der Waals surface area contributed by atoms with Crippen molar-refractivity contribution in [2.75, 3.05) is 33.0 Å². The van der Waals surface area contributed by atoms with E-state index in [1.807, 2.05) is 44.2 Å². The van der Waals surface area contributed by atoms with E-state index in [0.717, 1.165) is 5.56 Å². The second-order valence-corrected chi connectivity index (χ2v) is 4.67. The minimum absolute atomic E-state index is 0.362. The number of likely N-dealkylation sites (N-methyl/N-ethyl adjacent to an activating group) is 1. The van der Waals surface area contributed by atoms with Crippen molar-refractivity contribution >= 4 is 5.97 Å². The summed E-state index contributed by atoms with van der Waals surface area (Å²) in [5.74, 6) is -0.885. The van der Waals surface area contributed by atoms with Crippen molar-refractivity contribution in [3.8, 4) is 0 Å². The summed E-state index contributed by atoms with van der Waals surface area (Å²) in [5, 5.41) is 12.8. The van der Waals surface area contributed by atoms with Gasteiger partial charge in [-0.15, -0.1) is 0 Å². The molecule has 1 rings (SSSR count). The lowest BCUT2D eigenvalue weighted by atomic mass is 9.86. The van der Waals surface area contributed by atoms with Crippen molar-refractivity contribution in [2.24, 2.45) is 0 Å². The highest BCUT2D eigenvalue weighted by Crippen LogP contribution is 2.25. The maximum absolute atomic E-state index is 11.8. The third-order valence-electron chi connectivity index (χ3n) is 3.31. The van der Waals surface area contributed by atoms with E-state index in [9.17, 15) is 9.90 Å². The van der Waals surface area contributed by atoms with Crippen molar-refractivity contribution < 1.29 is 19.4 Å². The molecule has 1 aromatic rings. The van der Waals surface area contributed by atoms with E-state index in [0.29, 0.717) is 39.4 Å². The Hall–Kier alpha value is -1.43. The molecule has 0 aliphatic rings. The van der Waals surface area contributed by atoms with Gasteiger partial charge >= 0.3 is 5.97 Å². The Balaban J connectivity index is 2.71. The Morgan fingerprint density at radius 3 is 2.38 bits per heavy atom. The quantitative estimate of drug-likeness (QED) is 0.611. The van der Waals surface area contributed by atoms with Crippen LogP contribution in [0.4, 0.5) is 0 Å². The third-order valence-corrected chi connectivity index (χ3v) is 3.31. The molecular weight excluding hydrogens is 270 g/mol. The fourth-order valence-corrected chi connectivity index (χ4v) is 2.25. The Morgan fingerprint density at radius 2 is 1.81 bits per heavy atom. The van der Waals surface area contributed by atoms with E-state index in [1.54, 1.807) is 0 Å². The Bertz CT molecular complexity index is 410. The second-order valence-electron chi connectivity index (χ2n) is 4.67. The lowest BCUT2D eigenvalue weighted by Gasteiger charge is -2.31. The SMILES string of the molecule is CCNC(CCOCCOCC)(C(=O)O)c1ccccc1.